The van der Waals surface area contributed by atoms with Crippen molar-refractivity contribution in [2.24, 2.45) is 0 Å². The zero-order chi connectivity index (χ0) is 16.7. The Kier molecular flexibility index (Phi) is 6.03. The summed E-state index contributed by atoms with van der Waals surface area (Å²) < 4.78 is 5.67. The van der Waals surface area contributed by atoms with Gasteiger partial charge in [0.15, 0.2) is 0 Å². The van der Waals surface area contributed by atoms with Gasteiger partial charge in [-0.05, 0) is 55.2 Å². The van der Waals surface area contributed by atoms with Gasteiger partial charge in [0.1, 0.15) is 12.4 Å². The molecule has 4 nitrogen and oxygen atoms in total. The molecule has 0 aliphatic heterocycles. The highest BCUT2D eigenvalue weighted by molar-refractivity contribution is 5.76. The van der Waals surface area contributed by atoms with Gasteiger partial charge in [0.25, 0.3) is 0 Å². The first-order valence-corrected chi connectivity index (χ1v) is 7.86. The topological polar surface area (TPSA) is 64.3 Å². The summed E-state index contributed by atoms with van der Waals surface area (Å²) in [5, 5.41) is 2.87. The fourth-order valence-corrected chi connectivity index (χ4v) is 2.47. The van der Waals surface area contributed by atoms with Crippen LogP contribution in [0.4, 0.5) is 5.69 Å². The number of carbonyl (C=O) groups excluding carboxylic acids is 1. The zero-order valence-electron chi connectivity index (χ0n) is 13.8. The molecular weight excluding hydrogens is 288 g/mol. The van der Waals surface area contributed by atoms with E-state index in [4.69, 9.17) is 10.5 Å². The van der Waals surface area contributed by atoms with E-state index >= 15 is 0 Å². The van der Waals surface area contributed by atoms with Gasteiger partial charge in [-0.15, -0.1) is 0 Å². The number of nitrogens with one attached hydrogen (secondary N) is 1. The molecule has 3 N–H and O–H groups in total. The lowest BCUT2D eigenvalue weighted by Crippen LogP contribution is -2.28. The average Bonchev–Trinajstić information content (AvgIpc) is 2.50. The third-order valence-corrected chi connectivity index (χ3v) is 3.56. The zero-order valence-corrected chi connectivity index (χ0v) is 13.8. The molecule has 2 aromatic carbocycles. The molecule has 0 fully saturated rings. The van der Waals surface area contributed by atoms with E-state index in [1.54, 1.807) is 0 Å². The van der Waals surface area contributed by atoms with Gasteiger partial charge in [-0.2, -0.15) is 0 Å². The lowest BCUT2D eigenvalue weighted by atomic mass is 10.1. The van der Waals surface area contributed by atoms with Crippen molar-refractivity contribution in [3.8, 4) is 5.75 Å². The van der Waals surface area contributed by atoms with E-state index in [1.165, 1.54) is 11.1 Å². The molecule has 122 valence electrons. The van der Waals surface area contributed by atoms with Gasteiger partial charge in [-0.25, -0.2) is 0 Å². The smallest absolute Gasteiger partial charge is 0.220 e. The molecule has 0 atom stereocenters. The molecular formula is C19H24N2O2. The summed E-state index contributed by atoms with van der Waals surface area (Å²) >= 11 is 0. The Labute approximate surface area is 137 Å². The first kappa shape index (κ1) is 16.9. The van der Waals surface area contributed by atoms with Crippen LogP contribution in [0.5, 0.6) is 5.75 Å². The molecule has 2 rings (SSSR count). The van der Waals surface area contributed by atoms with E-state index in [9.17, 15) is 4.79 Å². The second kappa shape index (κ2) is 8.22. The number of para-hydroxylation sites is 1. The molecule has 0 heterocycles. The summed E-state index contributed by atoms with van der Waals surface area (Å²) in [4.78, 5) is 11.8. The number of anilines is 1. The molecule has 0 aromatic heterocycles. The Morgan fingerprint density at radius 1 is 1.13 bits per heavy atom. The van der Waals surface area contributed by atoms with E-state index in [2.05, 4.69) is 11.4 Å². The van der Waals surface area contributed by atoms with Crippen molar-refractivity contribution in [3.05, 3.63) is 59.2 Å². The van der Waals surface area contributed by atoms with Crippen LogP contribution in [0, 0.1) is 13.8 Å². The number of hydrogen-bond donors (Lipinski definition) is 2. The molecule has 0 unspecified atom stereocenters. The fourth-order valence-electron chi connectivity index (χ4n) is 2.47. The highest BCUT2D eigenvalue weighted by atomic mass is 16.5. The van der Waals surface area contributed by atoms with E-state index in [1.807, 2.05) is 50.2 Å². The number of amides is 1. The molecule has 0 radical (unpaired) electrons. The van der Waals surface area contributed by atoms with E-state index in [-0.39, 0.29) is 5.91 Å². The van der Waals surface area contributed by atoms with Crippen LogP contribution >= 0.6 is 0 Å². The Hall–Kier alpha value is -2.49. The predicted octanol–water partition coefficient (Wildman–Crippen LogP) is 3.01. The summed E-state index contributed by atoms with van der Waals surface area (Å²) in [6.45, 7) is 5.03. The number of ether oxygens (including phenoxy) is 1. The van der Waals surface area contributed by atoms with Crippen LogP contribution in [0.25, 0.3) is 0 Å². The highest BCUT2D eigenvalue weighted by Crippen LogP contribution is 2.16. The number of benzene rings is 2. The summed E-state index contributed by atoms with van der Waals surface area (Å²) in [6, 6.07) is 13.7. The van der Waals surface area contributed by atoms with E-state index in [0.29, 0.717) is 26.0 Å². The quantitative estimate of drug-likeness (QED) is 0.610. The van der Waals surface area contributed by atoms with Crippen molar-refractivity contribution < 1.29 is 9.53 Å². The molecule has 0 bridgehead atoms. The van der Waals surface area contributed by atoms with E-state index < -0.39 is 0 Å². The molecule has 0 aliphatic carbocycles. The highest BCUT2D eigenvalue weighted by Gasteiger charge is 2.04. The molecule has 0 saturated carbocycles. The van der Waals surface area contributed by atoms with Gasteiger partial charge in [-0.3, -0.25) is 4.79 Å². The first-order chi connectivity index (χ1) is 11.0. The van der Waals surface area contributed by atoms with Crippen LogP contribution < -0.4 is 15.8 Å². The SMILES string of the molecule is Cc1cc(C)cc(OCCNC(=O)CCc2ccccc2N)c1. The number of carbonyl (C=O) groups is 1. The van der Waals surface area contributed by atoms with Crippen molar-refractivity contribution in [2.75, 3.05) is 18.9 Å². The predicted molar refractivity (Wildman–Crippen MR) is 93.6 cm³/mol. The second-order valence-electron chi connectivity index (χ2n) is 5.72. The van der Waals surface area contributed by atoms with Crippen LogP contribution in [-0.4, -0.2) is 19.1 Å². The maximum absolute atomic E-state index is 11.8. The van der Waals surface area contributed by atoms with Crippen LogP contribution in [0.3, 0.4) is 0 Å². The molecule has 0 spiro atoms. The number of rotatable bonds is 7. The van der Waals surface area contributed by atoms with Gasteiger partial charge in [0.05, 0.1) is 6.54 Å². The normalized spacial score (nSPS) is 10.3. The maximum Gasteiger partial charge on any atom is 0.220 e. The average molecular weight is 312 g/mol. The van der Waals surface area contributed by atoms with Crippen LogP contribution in [-0.2, 0) is 11.2 Å². The van der Waals surface area contributed by atoms with Crippen molar-refractivity contribution in [1.29, 1.82) is 0 Å². The van der Waals surface area contributed by atoms with Crippen molar-refractivity contribution >= 4 is 11.6 Å². The minimum atomic E-state index is 0.0114. The second-order valence-corrected chi connectivity index (χ2v) is 5.72. The van der Waals surface area contributed by atoms with Gasteiger partial charge in [0.2, 0.25) is 5.91 Å². The minimum Gasteiger partial charge on any atom is -0.492 e. The first-order valence-electron chi connectivity index (χ1n) is 7.86. The summed E-state index contributed by atoms with van der Waals surface area (Å²) in [5.74, 6) is 0.853. The Morgan fingerprint density at radius 2 is 1.83 bits per heavy atom. The Bertz CT molecular complexity index is 648. The Morgan fingerprint density at radius 3 is 2.52 bits per heavy atom. The number of nitrogen functional groups attached to an aromatic ring is 1. The maximum atomic E-state index is 11.8. The lowest BCUT2D eigenvalue weighted by molar-refractivity contribution is -0.121. The van der Waals surface area contributed by atoms with Crippen LogP contribution in [0.2, 0.25) is 0 Å². The molecule has 1 amide bonds. The van der Waals surface area contributed by atoms with Crippen LogP contribution in [0.15, 0.2) is 42.5 Å². The summed E-state index contributed by atoms with van der Waals surface area (Å²) in [6.07, 6.45) is 1.08. The van der Waals surface area contributed by atoms with Crippen LogP contribution in [0.1, 0.15) is 23.1 Å². The van der Waals surface area contributed by atoms with E-state index in [0.717, 1.165) is 17.0 Å². The van der Waals surface area contributed by atoms with Crippen molar-refractivity contribution in [3.63, 3.8) is 0 Å². The standard InChI is InChI=1S/C19H24N2O2/c1-14-11-15(2)13-17(12-14)23-10-9-21-19(22)8-7-16-5-3-4-6-18(16)20/h3-6,11-13H,7-10,20H2,1-2H3,(H,21,22). The van der Waals surface area contributed by atoms with Crippen molar-refractivity contribution in [1.82, 2.24) is 5.32 Å². The number of aryl methyl sites for hydroxylation is 3. The van der Waals surface area contributed by atoms with Gasteiger partial charge < -0.3 is 15.8 Å². The summed E-state index contributed by atoms with van der Waals surface area (Å²) in [7, 11) is 0. The largest absolute Gasteiger partial charge is 0.492 e. The number of nitrogens with two attached hydrogens (primary N) is 1. The van der Waals surface area contributed by atoms with Gasteiger partial charge in [0, 0.05) is 12.1 Å². The Balaban J connectivity index is 1.68. The number of hydrogen-bond acceptors (Lipinski definition) is 3. The molecule has 23 heavy (non-hydrogen) atoms. The monoisotopic (exact) mass is 312 g/mol. The lowest BCUT2D eigenvalue weighted by Gasteiger charge is -2.10. The molecule has 4 heteroatoms. The molecule has 0 aliphatic rings. The third kappa shape index (κ3) is 5.66. The molecule has 2 aromatic rings. The fraction of sp³-hybridized carbons (Fsp3) is 0.316. The third-order valence-electron chi connectivity index (χ3n) is 3.56. The minimum absolute atomic E-state index is 0.0114. The van der Waals surface area contributed by atoms with Gasteiger partial charge in [-0.1, -0.05) is 24.3 Å². The molecule has 0 saturated heterocycles. The van der Waals surface area contributed by atoms with Gasteiger partial charge >= 0.3 is 0 Å². The summed E-state index contributed by atoms with van der Waals surface area (Å²) in [5.41, 5.74) is 9.95. The van der Waals surface area contributed by atoms with Crippen molar-refractivity contribution in [2.45, 2.75) is 26.7 Å².